The normalized spacial score (nSPS) is 11.0. The van der Waals surface area contributed by atoms with Gasteiger partial charge in [-0.2, -0.15) is 0 Å². The van der Waals surface area contributed by atoms with E-state index in [9.17, 15) is 13.2 Å². The minimum absolute atomic E-state index is 0.00614. The van der Waals surface area contributed by atoms with Crippen LogP contribution in [0.3, 0.4) is 0 Å². The Bertz CT molecular complexity index is 1170. The van der Waals surface area contributed by atoms with Gasteiger partial charge in [0.05, 0.1) is 18.6 Å². The molecule has 11 heteroatoms. The average molecular weight is 473 g/mol. The molecule has 2 aromatic carbocycles. The first-order valence-corrected chi connectivity index (χ1v) is 11.5. The molecule has 33 heavy (non-hydrogen) atoms. The molecule has 2 N–H and O–H groups in total. The average Bonchev–Trinajstić information content (AvgIpc) is 2.82. The second-order valence-corrected chi connectivity index (χ2v) is 8.28. The lowest BCUT2D eigenvalue weighted by Gasteiger charge is -2.10. The van der Waals surface area contributed by atoms with Gasteiger partial charge in [-0.3, -0.25) is 9.52 Å². The van der Waals surface area contributed by atoms with Crippen molar-refractivity contribution >= 4 is 27.4 Å². The summed E-state index contributed by atoms with van der Waals surface area (Å²) in [7, 11) is -2.47. The zero-order chi connectivity index (χ0) is 23.7. The molecular formula is C22H24N4O6S. The van der Waals surface area contributed by atoms with Crippen LogP contribution in [0, 0.1) is 0 Å². The van der Waals surface area contributed by atoms with E-state index in [-0.39, 0.29) is 22.5 Å². The van der Waals surface area contributed by atoms with Gasteiger partial charge in [-0.25, -0.2) is 18.4 Å². The molecule has 0 aliphatic carbocycles. The third-order valence-electron chi connectivity index (χ3n) is 4.33. The molecule has 0 unspecified atom stereocenters. The topological polar surface area (TPSA) is 129 Å². The number of ether oxygens (including phenoxy) is 3. The molecule has 174 valence electrons. The highest BCUT2D eigenvalue weighted by atomic mass is 32.2. The molecule has 10 nitrogen and oxygen atoms in total. The number of sulfonamides is 1. The maximum Gasteiger partial charge on any atom is 0.263 e. The largest absolute Gasteiger partial charge is 0.491 e. The van der Waals surface area contributed by atoms with Gasteiger partial charge in [0.15, 0.2) is 0 Å². The third-order valence-corrected chi connectivity index (χ3v) is 5.70. The number of carbonyl (C=O) groups excluding carboxylic acids is 1. The molecule has 0 atom stereocenters. The first-order valence-electron chi connectivity index (χ1n) is 10.0. The van der Waals surface area contributed by atoms with Crippen LogP contribution in [0.2, 0.25) is 0 Å². The summed E-state index contributed by atoms with van der Waals surface area (Å²) < 4.78 is 43.2. The predicted octanol–water partition coefficient (Wildman–Crippen LogP) is 2.95. The van der Waals surface area contributed by atoms with Gasteiger partial charge in [-0.1, -0.05) is 0 Å². The molecule has 1 heterocycles. The predicted molar refractivity (Wildman–Crippen MR) is 122 cm³/mol. The third kappa shape index (κ3) is 6.89. The van der Waals surface area contributed by atoms with E-state index in [0.717, 1.165) is 0 Å². The molecular weight excluding hydrogens is 448 g/mol. The summed E-state index contributed by atoms with van der Waals surface area (Å²) in [5.41, 5.74) is 0.878. The molecule has 0 spiro atoms. The summed E-state index contributed by atoms with van der Waals surface area (Å²) in [5.74, 6) is 0.600. The van der Waals surface area contributed by atoms with Gasteiger partial charge >= 0.3 is 0 Å². The smallest absolute Gasteiger partial charge is 0.263 e. The summed E-state index contributed by atoms with van der Waals surface area (Å²) >= 11 is 0. The van der Waals surface area contributed by atoms with Crippen LogP contribution in [0.25, 0.3) is 0 Å². The number of nitrogens with zero attached hydrogens (tertiary/aromatic N) is 2. The summed E-state index contributed by atoms with van der Waals surface area (Å²) in [6, 6.07) is 13.8. The van der Waals surface area contributed by atoms with Gasteiger partial charge < -0.3 is 19.5 Å². The van der Waals surface area contributed by atoms with Crippen LogP contribution in [0.5, 0.6) is 11.6 Å². The van der Waals surface area contributed by atoms with Crippen molar-refractivity contribution in [1.82, 2.24) is 9.97 Å². The lowest BCUT2D eigenvalue weighted by Crippen LogP contribution is -2.15. The number of nitrogens with one attached hydrogen (secondary N) is 2. The molecule has 0 fully saturated rings. The number of anilines is 2. The Labute approximate surface area is 192 Å². The van der Waals surface area contributed by atoms with Crippen LogP contribution < -0.4 is 19.5 Å². The minimum atomic E-state index is -3.88. The fraction of sp³-hybridized carbons (Fsp3) is 0.227. The molecule has 1 aromatic heterocycles. The number of aromatic nitrogens is 2. The number of methoxy groups -OCH3 is 1. The zero-order valence-corrected chi connectivity index (χ0v) is 19.0. The molecule has 0 aliphatic rings. The molecule has 0 bridgehead atoms. The molecule has 0 aliphatic heterocycles. The zero-order valence-electron chi connectivity index (χ0n) is 18.1. The van der Waals surface area contributed by atoms with Gasteiger partial charge in [-0.15, -0.1) is 0 Å². The van der Waals surface area contributed by atoms with Crippen LogP contribution in [0.15, 0.2) is 65.8 Å². The van der Waals surface area contributed by atoms with Crippen molar-refractivity contribution < 1.29 is 27.4 Å². The number of benzene rings is 2. The monoisotopic (exact) mass is 472 g/mol. The van der Waals surface area contributed by atoms with Gasteiger partial charge in [0.25, 0.3) is 15.9 Å². The maximum absolute atomic E-state index is 12.6. The van der Waals surface area contributed by atoms with Crippen molar-refractivity contribution in [2.45, 2.75) is 11.8 Å². The Morgan fingerprint density at radius 1 is 1.00 bits per heavy atom. The summed E-state index contributed by atoms with van der Waals surface area (Å²) in [4.78, 5) is 20.2. The Morgan fingerprint density at radius 2 is 1.73 bits per heavy atom. The van der Waals surface area contributed by atoms with E-state index in [4.69, 9.17) is 14.2 Å². The van der Waals surface area contributed by atoms with Gasteiger partial charge in [0, 0.05) is 23.9 Å². The first-order chi connectivity index (χ1) is 15.9. The molecule has 0 radical (unpaired) electrons. The SMILES string of the molecule is CCOCCOc1ccc(C(=O)Nc2ccc(S(=O)(=O)Nc3cc(OC)ncn3)cc2)cc1. The number of amides is 1. The summed E-state index contributed by atoms with van der Waals surface area (Å²) in [6.45, 7) is 3.46. The van der Waals surface area contributed by atoms with E-state index < -0.39 is 10.0 Å². The molecule has 0 saturated heterocycles. The van der Waals surface area contributed by atoms with Crippen molar-refractivity contribution in [3.05, 3.63) is 66.5 Å². The van der Waals surface area contributed by atoms with Gasteiger partial charge in [0.1, 0.15) is 24.5 Å². The van der Waals surface area contributed by atoms with E-state index in [1.165, 1.54) is 43.8 Å². The summed E-state index contributed by atoms with van der Waals surface area (Å²) in [6.07, 6.45) is 1.19. The summed E-state index contributed by atoms with van der Waals surface area (Å²) in [5, 5.41) is 2.73. The van der Waals surface area contributed by atoms with Gasteiger partial charge in [0.2, 0.25) is 5.88 Å². The van der Waals surface area contributed by atoms with Crippen molar-refractivity contribution in [2.24, 2.45) is 0 Å². The molecule has 0 saturated carbocycles. The second kappa shape index (κ2) is 11.2. The first kappa shape index (κ1) is 24.0. The minimum Gasteiger partial charge on any atom is -0.491 e. The fourth-order valence-corrected chi connectivity index (χ4v) is 3.69. The van der Waals surface area contributed by atoms with E-state index in [2.05, 4.69) is 20.0 Å². The fourth-order valence-electron chi connectivity index (χ4n) is 2.69. The standard InChI is InChI=1S/C22H24N4O6S/c1-3-31-12-13-32-18-8-4-16(5-9-18)22(27)25-17-6-10-19(11-7-17)33(28,29)26-20-14-21(30-2)24-15-23-20/h4-11,14-15H,3,12-13H2,1-2H3,(H,25,27)(H,23,24,26). The van der Waals surface area contributed by atoms with Crippen molar-refractivity contribution in [3.63, 3.8) is 0 Å². The van der Waals surface area contributed by atoms with Crippen molar-refractivity contribution in [1.29, 1.82) is 0 Å². The Kier molecular flexibility index (Phi) is 8.17. The highest BCUT2D eigenvalue weighted by molar-refractivity contribution is 7.92. The lowest BCUT2D eigenvalue weighted by atomic mass is 10.2. The highest BCUT2D eigenvalue weighted by Crippen LogP contribution is 2.20. The Balaban J connectivity index is 1.59. The molecule has 3 rings (SSSR count). The van der Waals surface area contributed by atoms with Gasteiger partial charge in [-0.05, 0) is 55.5 Å². The maximum atomic E-state index is 12.6. The lowest BCUT2D eigenvalue weighted by molar-refractivity contribution is 0.102. The number of rotatable bonds is 11. The molecule has 1 amide bonds. The Hall–Kier alpha value is -3.70. The highest BCUT2D eigenvalue weighted by Gasteiger charge is 2.16. The second-order valence-electron chi connectivity index (χ2n) is 6.60. The number of hydrogen-bond donors (Lipinski definition) is 2. The van der Waals surface area contributed by atoms with Crippen LogP contribution in [0.1, 0.15) is 17.3 Å². The van der Waals surface area contributed by atoms with E-state index in [1.807, 2.05) is 6.92 Å². The van der Waals surface area contributed by atoms with Crippen LogP contribution in [-0.2, 0) is 14.8 Å². The van der Waals surface area contributed by atoms with E-state index >= 15 is 0 Å². The van der Waals surface area contributed by atoms with Crippen molar-refractivity contribution in [3.8, 4) is 11.6 Å². The van der Waals surface area contributed by atoms with Crippen LogP contribution in [-0.4, -0.2) is 51.2 Å². The Morgan fingerprint density at radius 3 is 2.39 bits per heavy atom. The number of hydrogen-bond acceptors (Lipinski definition) is 8. The molecule has 3 aromatic rings. The quantitative estimate of drug-likeness (QED) is 0.408. The van der Waals surface area contributed by atoms with Crippen LogP contribution >= 0.6 is 0 Å². The number of carbonyl (C=O) groups is 1. The van der Waals surface area contributed by atoms with E-state index in [0.29, 0.717) is 36.8 Å². The van der Waals surface area contributed by atoms with E-state index in [1.54, 1.807) is 24.3 Å². The van der Waals surface area contributed by atoms with Crippen molar-refractivity contribution in [2.75, 3.05) is 37.0 Å². The van der Waals surface area contributed by atoms with Crippen LogP contribution in [0.4, 0.5) is 11.5 Å².